The summed E-state index contributed by atoms with van der Waals surface area (Å²) in [6.45, 7) is 24.2. The summed E-state index contributed by atoms with van der Waals surface area (Å²) in [6, 6.07) is 14.4. The number of hydrogen-bond donors (Lipinski definition) is 0. The van der Waals surface area contributed by atoms with Crippen molar-refractivity contribution in [3.05, 3.63) is 106 Å². The van der Waals surface area contributed by atoms with Gasteiger partial charge in [0.1, 0.15) is 10.8 Å². The summed E-state index contributed by atoms with van der Waals surface area (Å²) >= 11 is 5.60. The quantitative estimate of drug-likeness (QED) is 0.238. The van der Waals surface area contributed by atoms with Crippen LogP contribution in [0.1, 0.15) is 49.9 Å². The Morgan fingerprint density at radius 2 is 1.05 bits per heavy atom. The molecule has 212 valence electrons. The molecule has 1 amide bonds. The molecule has 2 aromatic rings. The van der Waals surface area contributed by atoms with Gasteiger partial charge >= 0.3 is 0 Å². The van der Waals surface area contributed by atoms with Gasteiger partial charge in [0.25, 0.3) is 0 Å². The zero-order chi connectivity index (χ0) is 28.6. The average Bonchev–Trinajstić information content (AvgIpc) is 2.87. The molecule has 0 atom stereocenters. The van der Waals surface area contributed by atoms with Crippen molar-refractivity contribution in [3.63, 3.8) is 0 Å². The second-order valence-electron chi connectivity index (χ2n) is 10.0. The molecule has 0 fully saturated rings. The first-order chi connectivity index (χ1) is 17.7. The van der Waals surface area contributed by atoms with Crippen molar-refractivity contribution >= 4 is 34.5 Å². The third-order valence-corrected chi connectivity index (χ3v) is 7.95. The topological polar surface area (TPSA) is 30.0 Å². The van der Waals surface area contributed by atoms with Gasteiger partial charge in [-0.1, -0.05) is 64.4 Å². The number of carbonyl (C=O) groups is 1. The molecule has 0 bridgehead atoms. The number of anilines is 2. The number of benzene rings is 2. The van der Waals surface area contributed by atoms with Gasteiger partial charge in [-0.3, -0.25) is 4.79 Å². The first-order valence-corrected chi connectivity index (χ1v) is 13.0. The Morgan fingerprint density at radius 3 is 1.48 bits per heavy atom. The van der Waals surface area contributed by atoms with E-state index in [0.717, 1.165) is 61.4 Å². The first kappa shape index (κ1) is 35.8. The second kappa shape index (κ2) is 14.1. The van der Waals surface area contributed by atoms with Gasteiger partial charge in [-0.2, -0.15) is 47.5 Å². The minimum absolute atomic E-state index is 0. The predicted molar refractivity (Wildman–Crippen MR) is 163 cm³/mol. The van der Waals surface area contributed by atoms with Crippen molar-refractivity contribution < 1.29 is 46.9 Å². The minimum atomic E-state index is -0.0130. The molecular formula is C32H38N4OSW2-2. The van der Waals surface area contributed by atoms with Crippen molar-refractivity contribution in [2.24, 2.45) is 0 Å². The Morgan fingerprint density at radius 1 is 0.675 bits per heavy atom. The monoisotopic (exact) mass is 894 g/mol. The number of aryl methyl sites for hydroxylation is 4. The van der Waals surface area contributed by atoms with Gasteiger partial charge in [0.05, 0.1) is 5.82 Å². The zero-order valence-electron chi connectivity index (χ0n) is 25.1. The smallest absolute Gasteiger partial charge is 0.250 e. The van der Waals surface area contributed by atoms with Crippen LogP contribution in [0.2, 0.25) is 0 Å². The van der Waals surface area contributed by atoms with Crippen LogP contribution in [0.5, 0.6) is 0 Å². The van der Waals surface area contributed by atoms with Gasteiger partial charge in [-0.25, -0.2) is 0 Å². The van der Waals surface area contributed by atoms with E-state index < -0.39 is 0 Å². The molecule has 0 N–H and O–H groups in total. The Hall–Kier alpha value is -2.26. The summed E-state index contributed by atoms with van der Waals surface area (Å²) < 4.78 is 0. The summed E-state index contributed by atoms with van der Waals surface area (Å²) in [4.78, 5) is 21.0. The molecule has 2 heterocycles. The number of nitrogens with zero attached hydrogens (tertiary/aromatic N) is 4. The van der Waals surface area contributed by atoms with Crippen molar-refractivity contribution in [2.75, 3.05) is 23.9 Å². The normalized spacial score (nSPS) is 15.7. The van der Waals surface area contributed by atoms with E-state index in [2.05, 4.69) is 57.0 Å². The van der Waals surface area contributed by atoms with Crippen LogP contribution in [0.15, 0.2) is 71.6 Å². The van der Waals surface area contributed by atoms with E-state index in [0.29, 0.717) is 5.82 Å². The summed E-state index contributed by atoms with van der Waals surface area (Å²) in [6.07, 6.45) is 0. The standard InChI is InChI=1S/C16H19N2O.C16H19N2S.2W/c2*1-10-7-8-15(11(2)9-10)18-14(5)17(6)13(4)12(3)16(18)19;;/h2*8-9H,5H2,1-4,6H3;;/q2*-1;;. The molecule has 0 saturated heterocycles. The van der Waals surface area contributed by atoms with Crippen LogP contribution < -0.4 is 9.80 Å². The van der Waals surface area contributed by atoms with E-state index in [9.17, 15) is 4.79 Å². The fourth-order valence-electron chi connectivity index (χ4n) is 4.52. The van der Waals surface area contributed by atoms with E-state index >= 15 is 0 Å². The molecule has 2 aromatic carbocycles. The summed E-state index contributed by atoms with van der Waals surface area (Å²) in [5.41, 5.74) is 10.3. The first-order valence-electron chi connectivity index (χ1n) is 12.6. The molecule has 0 aliphatic carbocycles. The second-order valence-corrected chi connectivity index (χ2v) is 10.4. The van der Waals surface area contributed by atoms with Gasteiger partial charge in [-0.15, -0.1) is 11.1 Å². The SMILES string of the molecule is C=C1N(C)C(C)=C(C)C(=O)N1c1c[c-]c(C)cc1C.C=C1N(C)C(C)=C(C)C(=S)N1c1c[c-]c(C)cc1C.[W].[W]. The fraction of sp³-hybridized carbons (Fsp3) is 0.312. The Bertz CT molecular complexity index is 1320. The minimum Gasteiger partial charge on any atom is -0.343 e. The number of thiocarbonyl (C=S) groups is 1. The van der Waals surface area contributed by atoms with Crippen LogP contribution in [0.4, 0.5) is 11.4 Å². The number of carbonyl (C=O) groups excluding carboxylic acids is 1. The number of amides is 1. The van der Waals surface area contributed by atoms with Crippen LogP contribution in [-0.2, 0) is 46.9 Å². The largest absolute Gasteiger partial charge is 0.343 e. The molecule has 0 aromatic heterocycles. The fourth-order valence-corrected chi connectivity index (χ4v) is 4.87. The Balaban J connectivity index is 0.000000381. The van der Waals surface area contributed by atoms with Crippen LogP contribution in [-0.4, -0.2) is 34.8 Å². The molecule has 4 rings (SSSR count). The van der Waals surface area contributed by atoms with E-state index in [1.165, 1.54) is 5.56 Å². The van der Waals surface area contributed by atoms with Gasteiger partial charge in [0.2, 0.25) is 5.91 Å². The van der Waals surface area contributed by atoms with Crippen LogP contribution >= 0.6 is 12.2 Å². The van der Waals surface area contributed by atoms with E-state index in [1.807, 2.05) is 76.7 Å². The van der Waals surface area contributed by atoms with Gasteiger partial charge in [0, 0.05) is 78.8 Å². The van der Waals surface area contributed by atoms with Crippen molar-refractivity contribution in [1.29, 1.82) is 0 Å². The third-order valence-electron chi connectivity index (χ3n) is 7.46. The average molecular weight is 894 g/mol. The van der Waals surface area contributed by atoms with Crippen LogP contribution in [0, 0.1) is 39.8 Å². The van der Waals surface area contributed by atoms with Crippen molar-refractivity contribution in [3.8, 4) is 0 Å². The van der Waals surface area contributed by atoms with Crippen LogP contribution in [0.3, 0.4) is 0 Å². The summed E-state index contributed by atoms with van der Waals surface area (Å²) in [5, 5.41) is 0. The maximum Gasteiger partial charge on any atom is 0.250 e. The number of hydrogen-bond acceptors (Lipinski definition) is 4. The molecule has 40 heavy (non-hydrogen) atoms. The molecule has 0 saturated carbocycles. The van der Waals surface area contributed by atoms with Crippen LogP contribution in [0.25, 0.3) is 0 Å². The molecule has 0 unspecified atom stereocenters. The molecule has 5 nitrogen and oxygen atoms in total. The number of allylic oxidation sites excluding steroid dienone is 2. The predicted octanol–water partition coefficient (Wildman–Crippen LogP) is 7.09. The Kier molecular flexibility index (Phi) is 12.6. The van der Waals surface area contributed by atoms with Gasteiger partial charge in [-0.05, 0) is 27.7 Å². The molecule has 2 aliphatic heterocycles. The van der Waals surface area contributed by atoms with Gasteiger partial charge in [0.15, 0.2) is 0 Å². The molecular weight excluding hydrogens is 856 g/mol. The van der Waals surface area contributed by atoms with Gasteiger partial charge < -0.3 is 19.6 Å². The Labute approximate surface area is 274 Å². The maximum absolute atomic E-state index is 12.5. The third kappa shape index (κ3) is 6.78. The molecule has 2 aliphatic rings. The van der Waals surface area contributed by atoms with E-state index in [4.69, 9.17) is 12.2 Å². The van der Waals surface area contributed by atoms with Crippen molar-refractivity contribution in [1.82, 2.24) is 9.80 Å². The number of rotatable bonds is 2. The summed E-state index contributed by atoms with van der Waals surface area (Å²) in [7, 11) is 3.94. The summed E-state index contributed by atoms with van der Waals surface area (Å²) in [5.74, 6) is 1.54. The maximum atomic E-state index is 12.5. The van der Waals surface area contributed by atoms with Crippen molar-refractivity contribution in [2.45, 2.75) is 55.4 Å². The molecule has 8 heteroatoms. The molecule has 0 spiro atoms. The zero-order valence-corrected chi connectivity index (χ0v) is 31.8. The molecule has 0 radical (unpaired) electrons. The van der Waals surface area contributed by atoms with E-state index in [1.54, 1.807) is 4.90 Å². The van der Waals surface area contributed by atoms with E-state index in [-0.39, 0.29) is 48.0 Å².